The second kappa shape index (κ2) is 16.9. The van der Waals surface area contributed by atoms with Gasteiger partial charge in [0.25, 0.3) is 5.56 Å². The maximum Gasteiger partial charge on any atom is 0.407 e. The minimum Gasteiger partial charge on any atom is -0.508 e. The van der Waals surface area contributed by atoms with Crippen molar-refractivity contribution in [2.24, 2.45) is 0 Å². The fraction of sp³-hybridized carbons (Fsp3) is 0.514. The molecule has 0 saturated carbocycles. The molecule has 0 bridgehead atoms. The molecule has 2 aromatic heterocycles. The van der Waals surface area contributed by atoms with E-state index in [1.807, 2.05) is 32.0 Å². The van der Waals surface area contributed by atoms with E-state index in [1.165, 1.54) is 18.6 Å². The summed E-state index contributed by atoms with van der Waals surface area (Å²) in [5, 5.41) is 25.6. The van der Waals surface area contributed by atoms with E-state index in [4.69, 9.17) is 28.7 Å². The summed E-state index contributed by atoms with van der Waals surface area (Å²) in [6.07, 6.45) is -1.97. The van der Waals surface area contributed by atoms with Crippen molar-refractivity contribution in [3.05, 3.63) is 56.9 Å². The Bertz CT molecular complexity index is 1980. The number of aliphatic hydroxyl groups is 1. The second-order valence-corrected chi connectivity index (χ2v) is 13.4. The van der Waals surface area contributed by atoms with E-state index in [0.717, 1.165) is 10.9 Å². The number of carbonyl (C=O) groups is 4. The van der Waals surface area contributed by atoms with Gasteiger partial charge in [0.15, 0.2) is 6.29 Å². The Kier molecular flexibility index (Phi) is 12.6. The van der Waals surface area contributed by atoms with Crippen LogP contribution in [-0.2, 0) is 63.4 Å². The van der Waals surface area contributed by atoms with Crippen LogP contribution in [0.3, 0.4) is 0 Å². The van der Waals surface area contributed by atoms with Gasteiger partial charge in [0.05, 0.1) is 41.7 Å². The normalized spacial score (nSPS) is 17.5. The van der Waals surface area contributed by atoms with Gasteiger partial charge in [-0.1, -0.05) is 13.8 Å². The molecule has 2 aliphatic rings. The molecule has 0 saturated heterocycles. The molecule has 17 heteroatoms. The predicted octanol–water partition coefficient (Wildman–Crippen LogP) is 1.78. The molecule has 4 atom stereocenters. The molecule has 54 heavy (non-hydrogen) atoms. The predicted molar refractivity (Wildman–Crippen MR) is 192 cm³/mol. The van der Waals surface area contributed by atoms with Crippen molar-refractivity contribution in [1.82, 2.24) is 25.1 Å². The number of rotatable bonds is 16. The second-order valence-electron chi connectivity index (χ2n) is 13.4. The number of hydrogen-bond acceptors (Lipinski definition) is 14. The Hall–Kier alpha value is -5.10. The van der Waals surface area contributed by atoms with Crippen molar-refractivity contribution >= 4 is 34.8 Å². The number of aliphatic hydroxyl groups excluding tert-OH is 1. The SMILES string of the molecule is CCC(CO)OC(COC(=O)NCCC(=O)N[C@@H](C)C(=O)O[C@]1(CC)C(=O)OCc2c1cc1n(c2=O)Cc2cc3c(CN(C)C)c(O)ccc3nc2-1)OC. The van der Waals surface area contributed by atoms with E-state index in [1.54, 1.807) is 25.1 Å². The minimum absolute atomic E-state index is 0.0700. The monoisotopic (exact) mass is 753 g/mol. The van der Waals surface area contributed by atoms with Gasteiger partial charge in [0.2, 0.25) is 11.5 Å². The number of methoxy groups -OCH3 is 1. The molecular formula is C37H47N5O12. The van der Waals surface area contributed by atoms with E-state index < -0.39 is 53.5 Å². The number of carbonyl (C=O) groups excluding carboxylic acids is 4. The summed E-state index contributed by atoms with van der Waals surface area (Å²) in [4.78, 5) is 72.5. The Morgan fingerprint density at radius 1 is 1.17 bits per heavy atom. The number of aromatic nitrogens is 2. The van der Waals surface area contributed by atoms with Crippen LogP contribution in [0.5, 0.6) is 5.75 Å². The molecule has 1 aromatic carbocycles. The highest BCUT2D eigenvalue weighted by molar-refractivity contribution is 5.91. The fourth-order valence-electron chi connectivity index (χ4n) is 6.49. The summed E-state index contributed by atoms with van der Waals surface area (Å²) in [6.45, 7) is 4.57. The molecular weight excluding hydrogens is 706 g/mol. The Morgan fingerprint density at radius 3 is 2.59 bits per heavy atom. The van der Waals surface area contributed by atoms with Crippen LogP contribution in [0.1, 0.15) is 62.3 Å². The number of phenolic OH excluding ortho intramolecular Hbond substituents is 1. The Balaban J connectivity index is 1.28. The number of cyclic esters (lactones) is 1. The molecule has 2 unspecified atom stereocenters. The van der Waals surface area contributed by atoms with E-state index in [9.17, 15) is 34.2 Å². The van der Waals surface area contributed by atoms with Crippen molar-refractivity contribution in [2.45, 2.75) is 83.8 Å². The van der Waals surface area contributed by atoms with Crippen LogP contribution < -0.4 is 16.2 Å². The van der Waals surface area contributed by atoms with Crippen molar-refractivity contribution in [2.75, 3.05) is 41.0 Å². The van der Waals surface area contributed by atoms with E-state index in [2.05, 4.69) is 10.6 Å². The number of fused-ring (bicyclic) bond motifs is 5. The van der Waals surface area contributed by atoms with Crippen LogP contribution in [0.15, 0.2) is 29.1 Å². The Labute approximate surface area is 311 Å². The van der Waals surface area contributed by atoms with Crippen LogP contribution in [0.25, 0.3) is 22.3 Å². The van der Waals surface area contributed by atoms with E-state index in [-0.39, 0.29) is 62.6 Å². The topological polar surface area (TPSA) is 217 Å². The Morgan fingerprint density at radius 2 is 1.93 bits per heavy atom. The van der Waals surface area contributed by atoms with Gasteiger partial charge in [-0.2, -0.15) is 0 Å². The molecule has 17 nitrogen and oxygen atoms in total. The first-order valence-electron chi connectivity index (χ1n) is 17.7. The van der Waals surface area contributed by atoms with Crippen LogP contribution in [0.2, 0.25) is 0 Å². The number of benzene rings is 1. The van der Waals surface area contributed by atoms with Gasteiger partial charge in [-0.3, -0.25) is 9.59 Å². The third-order valence-electron chi connectivity index (χ3n) is 9.46. The fourth-order valence-corrected chi connectivity index (χ4v) is 6.49. The number of nitrogens with one attached hydrogen (secondary N) is 2. The third kappa shape index (κ3) is 8.18. The number of hydrogen-bond donors (Lipinski definition) is 4. The summed E-state index contributed by atoms with van der Waals surface area (Å²) >= 11 is 0. The lowest BCUT2D eigenvalue weighted by molar-refractivity contribution is -0.190. The lowest BCUT2D eigenvalue weighted by atomic mass is 9.85. The molecule has 3 aromatic rings. The van der Waals surface area contributed by atoms with Gasteiger partial charge < -0.3 is 54.0 Å². The van der Waals surface area contributed by atoms with E-state index >= 15 is 0 Å². The summed E-state index contributed by atoms with van der Waals surface area (Å²) < 4.78 is 28.5. The van der Waals surface area contributed by atoms with Gasteiger partial charge in [-0.05, 0) is 58.1 Å². The maximum absolute atomic E-state index is 14.0. The molecule has 5 rings (SSSR count). The number of alkyl carbamates (subject to hydrolysis) is 1. The highest BCUT2D eigenvalue weighted by Gasteiger charge is 2.51. The molecule has 0 aliphatic carbocycles. The molecule has 0 spiro atoms. The van der Waals surface area contributed by atoms with Crippen molar-refractivity contribution in [1.29, 1.82) is 0 Å². The van der Waals surface area contributed by atoms with Crippen LogP contribution in [-0.4, -0.2) is 108 Å². The maximum atomic E-state index is 14.0. The number of pyridine rings is 2. The zero-order valence-electron chi connectivity index (χ0n) is 31.2. The zero-order valence-corrected chi connectivity index (χ0v) is 31.2. The first-order chi connectivity index (χ1) is 25.8. The quantitative estimate of drug-likeness (QED) is 0.0729. The highest BCUT2D eigenvalue weighted by atomic mass is 16.7. The van der Waals surface area contributed by atoms with E-state index in [0.29, 0.717) is 35.4 Å². The molecule has 4 heterocycles. The summed E-state index contributed by atoms with van der Waals surface area (Å²) in [7, 11) is 5.15. The van der Waals surface area contributed by atoms with Crippen LogP contribution in [0, 0.1) is 0 Å². The van der Waals surface area contributed by atoms with Crippen molar-refractivity contribution < 1.29 is 53.1 Å². The first kappa shape index (κ1) is 40.1. The van der Waals surface area contributed by atoms with Gasteiger partial charge in [-0.25, -0.2) is 19.4 Å². The summed E-state index contributed by atoms with van der Waals surface area (Å²) in [5.74, 6) is -2.26. The summed E-state index contributed by atoms with van der Waals surface area (Å²) in [6, 6.07) is 5.61. The number of nitrogens with zero attached hydrogens (tertiary/aromatic N) is 3. The summed E-state index contributed by atoms with van der Waals surface area (Å²) in [5.41, 5.74) is 0.964. The minimum atomic E-state index is -1.98. The standard InChI is InChI=1S/C37H47N5O12/c1-7-22(17-43)53-31(50-6)19-52-36(49)38-12-11-30(45)39-20(3)34(47)54-37(8-2)26-14-28-32-21(15-42(28)33(46)25(26)18-51-35(37)48)13-23-24(16-41(4)5)29(44)10-9-27(23)40-32/h9-10,13-14,20,22,31,43-44H,7-8,11-12,15-19H2,1-6H3,(H,38,49)(H,39,45)/t20-,22?,31?,37-/m0/s1. The molecule has 292 valence electrons. The molecule has 2 amide bonds. The smallest absolute Gasteiger partial charge is 0.407 e. The lowest BCUT2D eigenvalue weighted by Crippen LogP contribution is -2.50. The molecule has 2 aliphatic heterocycles. The molecule has 4 N–H and O–H groups in total. The van der Waals surface area contributed by atoms with Gasteiger partial charge in [0.1, 0.15) is 25.0 Å². The van der Waals surface area contributed by atoms with Gasteiger partial charge in [-0.15, -0.1) is 0 Å². The number of phenols is 1. The number of ether oxygens (including phenoxy) is 5. The van der Waals surface area contributed by atoms with Crippen molar-refractivity contribution in [3.63, 3.8) is 0 Å². The number of amides is 2. The molecule has 0 fully saturated rings. The average molecular weight is 754 g/mol. The van der Waals surface area contributed by atoms with Crippen molar-refractivity contribution in [3.8, 4) is 17.1 Å². The number of aromatic hydroxyl groups is 1. The van der Waals surface area contributed by atoms with Crippen LogP contribution >= 0.6 is 0 Å². The molecule has 0 radical (unpaired) electrons. The van der Waals surface area contributed by atoms with Gasteiger partial charge in [0, 0.05) is 48.7 Å². The van der Waals surface area contributed by atoms with Crippen LogP contribution in [0.4, 0.5) is 4.79 Å². The average Bonchev–Trinajstić information content (AvgIpc) is 3.51. The largest absolute Gasteiger partial charge is 0.508 e. The lowest BCUT2D eigenvalue weighted by Gasteiger charge is -2.36. The van der Waals surface area contributed by atoms with Gasteiger partial charge >= 0.3 is 18.0 Å². The third-order valence-corrected chi connectivity index (χ3v) is 9.46. The first-order valence-corrected chi connectivity index (χ1v) is 17.7. The zero-order chi connectivity index (χ0) is 39.3. The number of esters is 2. The highest BCUT2D eigenvalue weighted by Crippen LogP contribution is 2.41.